The monoisotopic (exact) mass is 378 g/mol. The maximum absolute atomic E-state index is 12.7. The van der Waals surface area contributed by atoms with Gasteiger partial charge in [-0.15, -0.1) is 23.5 Å². The highest BCUT2D eigenvalue weighted by molar-refractivity contribution is 8.19. The van der Waals surface area contributed by atoms with E-state index in [-0.39, 0.29) is 17.2 Å². The molecular formula is C19H26N2O2S2. The third-order valence-electron chi connectivity index (χ3n) is 4.55. The lowest BCUT2D eigenvalue weighted by Crippen LogP contribution is -2.53. The summed E-state index contributed by atoms with van der Waals surface area (Å²) in [6, 6.07) is 8.07. The molecule has 2 aliphatic rings. The summed E-state index contributed by atoms with van der Waals surface area (Å²) in [5, 5.41) is 0. The Kier molecular flexibility index (Phi) is 5.68. The molecule has 0 radical (unpaired) electrons. The van der Waals surface area contributed by atoms with Gasteiger partial charge in [0.05, 0.1) is 4.58 Å². The SMILES string of the molecule is CC(C)(C)C(=O)N1CCN(C(=O)c2ccc(C3SCCS3)cc2)CC1. The molecule has 3 rings (SSSR count). The highest BCUT2D eigenvalue weighted by Crippen LogP contribution is 2.45. The number of piperazine rings is 1. The second-order valence-electron chi connectivity index (χ2n) is 7.53. The Bertz CT molecular complexity index is 626. The van der Waals surface area contributed by atoms with E-state index < -0.39 is 0 Å². The Morgan fingerprint density at radius 1 is 0.920 bits per heavy atom. The van der Waals surface area contributed by atoms with Gasteiger partial charge < -0.3 is 9.80 Å². The minimum atomic E-state index is -0.363. The van der Waals surface area contributed by atoms with E-state index in [1.165, 1.54) is 17.1 Å². The number of amides is 2. The lowest BCUT2D eigenvalue weighted by Gasteiger charge is -2.37. The third kappa shape index (κ3) is 4.34. The Labute approximate surface area is 158 Å². The van der Waals surface area contributed by atoms with Crippen molar-refractivity contribution < 1.29 is 9.59 Å². The normalized spacial score (nSPS) is 19.3. The van der Waals surface area contributed by atoms with Crippen LogP contribution in [-0.4, -0.2) is 59.3 Å². The van der Waals surface area contributed by atoms with Gasteiger partial charge in [0.2, 0.25) is 5.91 Å². The molecule has 0 aliphatic carbocycles. The van der Waals surface area contributed by atoms with Crippen molar-refractivity contribution >= 4 is 35.3 Å². The molecule has 0 spiro atoms. The lowest BCUT2D eigenvalue weighted by molar-refractivity contribution is -0.140. The molecule has 0 bridgehead atoms. The molecule has 136 valence electrons. The summed E-state index contributed by atoms with van der Waals surface area (Å²) >= 11 is 3.95. The Hall–Kier alpha value is -1.14. The van der Waals surface area contributed by atoms with E-state index >= 15 is 0 Å². The van der Waals surface area contributed by atoms with Crippen LogP contribution in [0.15, 0.2) is 24.3 Å². The number of hydrogen-bond donors (Lipinski definition) is 0. The summed E-state index contributed by atoms with van der Waals surface area (Å²) in [5.41, 5.74) is 1.68. The number of rotatable bonds is 2. The third-order valence-corrected chi connectivity index (χ3v) is 7.65. The van der Waals surface area contributed by atoms with Gasteiger partial charge in [0.15, 0.2) is 0 Å². The summed E-state index contributed by atoms with van der Waals surface area (Å²) in [6.07, 6.45) is 0. The van der Waals surface area contributed by atoms with E-state index in [1.54, 1.807) is 0 Å². The first-order valence-corrected chi connectivity index (χ1v) is 10.9. The highest BCUT2D eigenvalue weighted by atomic mass is 32.2. The molecule has 1 aromatic rings. The highest BCUT2D eigenvalue weighted by Gasteiger charge is 2.31. The predicted octanol–water partition coefficient (Wildman–Crippen LogP) is 3.50. The molecule has 4 nitrogen and oxygen atoms in total. The maximum Gasteiger partial charge on any atom is 0.253 e. The van der Waals surface area contributed by atoms with Gasteiger partial charge in [0.1, 0.15) is 0 Å². The zero-order valence-corrected chi connectivity index (χ0v) is 16.8. The van der Waals surface area contributed by atoms with E-state index in [9.17, 15) is 9.59 Å². The quantitative estimate of drug-likeness (QED) is 0.790. The number of carbonyl (C=O) groups is 2. The summed E-state index contributed by atoms with van der Waals surface area (Å²) in [6.45, 7) is 8.28. The van der Waals surface area contributed by atoms with Crippen molar-refractivity contribution in [3.05, 3.63) is 35.4 Å². The minimum absolute atomic E-state index is 0.0705. The molecule has 2 heterocycles. The molecule has 2 fully saturated rings. The first-order chi connectivity index (χ1) is 11.9. The average molecular weight is 379 g/mol. The van der Waals surface area contributed by atoms with Gasteiger partial charge in [-0.2, -0.15) is 0 Å². The molecule has 0 aromatic heterocycles. The standard InChI is InChI=1S/C19H26N2O2S2/c1-19(2,3)18(23)21-10-8-20(9-11-21)16(22)14-4-6-15(7-5-14)17-24-12-13-25-17/h4-7,17H,8-13H2,1-3H3. The second kappa shape index (κ2) is 7.62. The summed E-state index contributed by atoms with van der Waals surface area (Å²) in [5.74, 6) is 2.64. The molecular weight excluding hydrogens is 352 g/mol. The van der Waals surface area contributed by atoms with Gasteiger partial charge in [-0.25, -0.2) is 0 Å². The first kappa shape index (κ1) is 18.6. The van der Waals surface area contributed by atoms with Gasteiger partial charge >= 0.3 is 0 Å². The molecule has 0 N–H and O–H groups in total. The van der Waals surface area contributed by atoms with Crippen molar-refractivity contribution in [3.63, 3.8) is 0 Å². The lowest BCUT2D eigenvalue weighted by atomic mass is 9.94. The van der Waals surface area contributed by atoms with E-state index in [2.05, 4.69) is 12.1 Å². The zero-order chi connectivity index (χ0) is 18.0. The number of thioether (sulfide) groups is 2. The molecule has 25 heavy (non-hydrogen) atoms. The Morgan fingerprint density at radius 3 is 1.96 bits per heavy atom. The number of carbonyl (C=O) groups excluding carboxylic acids is 2. The van der Waals surface area contributed by atoms with Gasteiger partial charge in [0, 0.05) is 48.7 Å². The van der Waals surface area contributed by atoms with E-state index in [4.69, 9.17) is 0 Å². The maximum atomic E-state index is 12.7. The van der Waals surface area contributed by atoms with Crippen LogP contribution in [-0.2, 0) is 4.79 Å². The van der Waals surface area contributed by atoms with Crippen LogP contribution >= 0.6 is 23.5 Å². The fraction of sp³-hybridized carbons (Fsp3) is 0.579. The molecule has 6 heteroatoms. The van der Waals surface area contributed by atoms with Crippen LogP contribution in [0, 0.1) is 5.41 Å². The van der Waals surface area contributed by atoms with Gasteiger partial charge in [0.25, 0.3) is 5.91 Å². The molecule has 2 aliphatic heterocycles. The molecule has 0 unspecified atom stereocenters. The molecule has 1 aromatic carbocycles. The fourth-order valence-electron chi connectivity index (χ4n) is 3.10. The molecule has 0 saturated carbocycles. The van der Waals surface area contributed by atoms with Crippen LogP contribution in [0.3, 0.4) is 0 Å². The molecule has 2 amide bonds. The average Bonchev–Trinajstić information content (AvgIpc) is 3.14. The molecule has 0 atom stereocenters. The predicted molar refractivity (Wildman–Crippen MR) is 106 cm³/mol. The van der Waals surface area contributed by atoms with Crippen molar-refractivity contribution in [1.82, 2.24) is 9.80 Å². The Morgan fingerprint density at radius 2 is 1.44 bits per heavy atom. The van der Waals surface area contributed by atoms with Crippen molar-refractivity contribution in [2.24, 2.45) is 5.41 Å². The smallest absolute Gasteiger partial charge is 0.253 e. The van der Waals surface area contributed by atoms with E-state index in [1.807, 2.05) is 66.2 Å². The fourth-order valence-corrected chi connectivity index (χ4v) is 5.96. The number of hydrogen-bond acceptors (Lipinski definition) is 4. The molecule has 2 saturated heterocycles. The largest absolute Gasteiger partial charge is 0.339 e. The zero-order valence-electron chi connectivity index (χ0n) is 15.2. The number of benzene rings is 1. The van der Waals surface area contributed by atoms with Crippen LogP contribution in [0.25, 0.3) is 0 Å². The van der Waals surface area contributed by atoms with Gasteiger partial charge in [-0.3, -0.25) is 9.59 Å². The van der Waals surface area contributed by atoms with Crippen LogP contribution < -0.4 is 0 Å². The van der Waals surface area contributed by atoms with Gasteiger partial charge in [-0.1, -0.05) is 32.9 Å². The number of nitrogens with zero attached hydrogens (tertiary/aromatic N) is 2. The van der Waals surface area contributed by atoms with E-state index in [0.29, 0.717) is 30.8 Å². The van der Waals surface area contributed by atoms with Crippen molar-refractivity contribution in [1.29, 1.82) is 0 Å². The van der Waals surface area contributed by atoms with Crippen molar-refractivity contribution in [2.45, 2.75) is 25.4 Å². The van der Waals surface area contributed by atoms with Crippen LogP contribution in [0.5, 0.6) is 0 Å². The van der Waals surface area contributed by atoms with Crippen LogP contribution in [0.2, 0.25) is 0 Å². The van der Waals surface area contributed by atoms with Crippen molar-refractivity contribution in [3.8, 4) is 0 Å². The van der Waals surface area contributed by atoms with Crippen LogP contribution in [0.1, 0.15) is 41.3 Å². The van der Waals surface area contributed by atoms with Crippen molar-refractivity contribution in [2.75, 3.05) is 37.7 Å². The van der Waals surface area contributed by atoms with Crippen LogP contribution in [0.4, 0.5) is 0 Å². The second-order valence-corrected chi connectivity index (χ2v) is 10.3. The Balaban J connectivity index is 1.58. The van der Waals surface area contributed by atoms with Gasteiger partial charge in [-0.05, 0) is 17.7 Å². The summed E-state index contributed by atoms with van der Waals surface area (Å²) in [7, 11) is 0. The minimum Gasteiger partial charge on any atom is -0.339 e. The summed E-state index contributed by atoms with van der Waals surface area (Å²) < 4.78 is 0.510. The topological polar surface area (TPSA) is 40.6 Å². The first-order valence-electron chi connectivity index (χ1n) is 8.78. The van der Waals surface area contributed by atoms with E-state index in [0.717, 1.165) is 5.56 Å². The summed E-state index contributed by atoms with van der Waals surface area (Å²) in [4.78, 5) is 28.8.